The molecule has 0 aliphatic heterocycles. The van der Waals surface area contributed by atoms with E-state index in [1.54, 1.807) is 0 Å². The monoisotopic (exact) mass is 343 g/mol. The number of carboxylic acids is 1. The van der Waals surface area contributed by atoms with Crippen LogP contribution in [0.5, 0.6) is 0 Å². The molecule has 1 aromatic rings. The SMILES string of the molecule is CCC(C)C(C(=O)O)c1ccccc1.CN(C)CC(C)(C)C.Cl. The van der Waals surface area contributed by atoms with Gasteiger partial charge in [0.2, 0.25) is 0 Å². The van der Waals surface area contributed by atoms with E-state index >= 15 is 0 Å². The number of carboxylic acid groups (broad SMARTS) is 1. The molecule has 1 rings (SSSR count). The quantitative estimate of drug-likeness (QED) is 0.825. The summed E-state index contributed by atoms with van der Waals surface area (Å²) in [5.74, 6) is -0.929. The lowest BCUT2D eigenvalue weighted by Gasteiger charge is -2.22. The number of benzene rings is 1. The minimum atomic E-state index is -0.731. The molecule has 0 radical (unpaired) electrons. The van der Waals surface area contributed by atoms with Crippen LogP contribution in [0.15, 0.2) is 30.3 Å². The van der Waals surface area contributed by atoms with E-state index in [9.17, 15) is 4.79 Å². The Labute approximate surface area is 148 Å². The van der Waals surface area contributed by atoms with E-state index in [1.165, 1.54) is 0 Å². The van der Waals surface area contributed by atoms with Gasteiger partial charge in [0.15, 0.2) is 0 Å². The highest BCUT2D eigenvalue weighted by atomic mass is 35.5. The summed E-state index contributed by atoms with van der Waals surface area (Å²) < 4.78 is 0. The molecule has 134 valence electrons. The Hall–Kier alpha value is -1.06. The second-order valence-corrected chi connectivity index (χ2v) is 7.41. The standard InChI is InChI=1S/C12H16O2.C7H17N.ClH/c1-3-9(2)11(12(13)14)10-7-5-4-6-8-10;1-7(2,3)6-8(4)5;/h4-9,11H,3H2,1-2H3,(H,13,14);6H2,1-5H3;1H. The zero-order valence-electron chi connectivity index (χ0n) is 15.7. The molecule has 0 aliphatic rings. The number of hydrogen-bond acceptors (Lipinski definition) is 2. The third-order valence-corrected chi connectivity index (χ3v) is 3.43. The van der Waals surface area contributed by atoms with Crippen LogP contribution in [0.3, 0.4) is 0 Å². The Balaban J connectivity index is 0. The second kappa shape index (κ2) is 11.5. The van der Waals surface area contributed by atoms with E-state index < -0.39 is 5.97 Å². The van der Waals surface area contributed by atoms with Gasteiger partial charge >= 0.3 is 5.97 Å². The molecule has 23 heavy (non-hydrogen) atoms. The summed E-state index contributed by atoms with van der Waals surface area (Å²) in [5.41, 5.74) is 1.35. The summed E-state index contributed by atoms with van der Waals surface area (Å²) in [4.78, 5) is 13.3. The smallest absolute Gasteiger partial charge is 0.311 e. The Morgan fingerprint density at radius 2 is 1.65 bits per heavy atom. The molecule has 3 nitrogen and oxygen atoms in total. The first-order valence-electron chi connectivity index (χ1n) is 8.01. The molecule has 0 heterocycles. The minimum absolute atomic E-state index is 0. The largest absolute Gasteiger partial charge is 0.481 e. The normalized spacial score (nSPS) is 13.4. The van der Waals surface area contributed by atoms with E-state index in [0.717, 1.165) is 18.5 Å². The summed E-state index contributed by atoms with van der Waals surface area (Å²) in [7, 11) is 4.20. The summed E-state index contributed by atoms with van der Waals surface area (Å²) in [6.07, 6.45) is 0.881. The van der Waals surface area contributed by atoms with Crippen molar-refractivity contribution in [2.24, 2.45) is 11.3 Å². The maximum Gasteiger partial charge on any atom is 0.311 e. The predicted octanol–water partition coefficient (Wildman–Crippen LogP) is 4.92. The van der Waals surface area contributed by atoms with E-state index in [-0.39, 0.29) is 24.2 Å². The Morgan fingerprint density at radius 3 is 1.91 bits per heavy atom. The van der Waals surface area contributed by atoms with Crippen LogP contribution in [0.25, 0.3) is 0 Å². The molecule has 4 heteroatoms. The molecule has 0 bridgehead atoms. The van der Waals surface area contributed by atoms with Gasteiger partial charge in [0.05, 0.1) is 5.92 Å². The summed E-state index contributed by atoms with van der Waals surface area (Å²) >= 11 is 0. The van der Waals surface area contributed by atoms with Crippen LogP contribution in [0.4, 0.5) is 0 Å². The third kappa shape index (κ3) is 11.2. The lowest BCUT2D eigenvalue weighted by Crippen LogP contribution is -2.25. The fraction of sp³-hybridized carbons (Fsp3) is 0.632. The Bertz CT molecular complexity index is 427. The van der Waals surface area contributed by atoms with Crippen LogP contribution >= 0.6 is 12.4 Å². The average molecular weight is 344 g/mol. The van der Waals surface area contributed by atoms with Gasteiger partial charge in [-0.3, -0.25) is 4.79 Å². The predicted molar refractivity (Wildman–Crippen MR) is 102 cm³/mol. The Morgan fingerprint density at radius 1 is 1.17 bits per heavy atom. The van der Waals surface area contributed by atoms with Gasteiger partial charge in [-0.2, -0.15) is 0 Å². The highest BCUT2D eigenvalue weighted by molar-refractivity contribution is 5.85. The first kappa shape index (κ1) is 24.2. The van der Waals surface area contributed by atoms with Crippen molar-refractivity contribution in [1.29, 1.82) is 0 Å². The highest BCUT2D eigenvalue weighted by Crippen LogP contribution is 2.26. The van der Waals surface area contributed by atoms with Crippen molar-refractivity contribution in [3.8, 4) is 0 Å². The highest BCUT2D eigenvalue weighted by Gasteiger charge is 2.24. The zero-order chi connectivity index (χ0) is 17.3. The number of aliphatic carboxylic acids is 1. The third-order valence-electron chi connectivity index (χ3n) is 3.43. The number of carbonyl (C=O) groups is 1. The van der Waals surface area contributed by atoms with Crippen LogP contribution in [0, 0.1) is 11.3 Å². The van der Waals surface area contributed by atoms with Gasteiger partial charge < -0.3 is 10.0 Å². The first-order valence-corrected chi connectivity index (χ1v) is 8.01. The van der Waals surface area contributed by atoms with E-state index in [0.29, 0.717) is 5.41 Å². The lowest BCUT2D eigenvalue weighted by atomic mass is 9.86. The molecule has 0 aromatic heterocycles. The van der Waals surface area contributed by atoms with Gasteiger partial charge in [-0.25, -0.2) is 0 Å². The van der Waals surface area contributed by atoms with Crippen LogP contribution in [0.1, 0.15) is 52.5 Å². The molecular formula is C19H34ClNO2. The topological polar surface area (TPSA) is 40.5 Å². The van der Waals surface area contributed by atoms with E-state index in [1.807, 2.05) is 44.2 Å². The van der Waals surface area contributed by atoms with Crippen molar-refractivity contribution < 1.29 is 9.90 Å². The number of rotatable bonds is 5. The molecule has 0 spiro atoms. The minimum Gasteiger partial charge on any atom is -0.481 e. The lowest BCUT2D eigenvalue weighted by molar-refractivity contribution is -0.140. The number of hydrogen-bond donors (Lipinski definition) is 1. The van der Waals surface area contributed by atoms with E-state index in [2.05, 4.69) is 39.8 Å². The van der Waals surface area contributed by atoms with Crippen LogP contribution in [-0.4, -0.2) is 36.6 Å². The van der Waals surface area contributed by atoms with Gasteiger partial charge in [0.25, 0.3) is 0 Å². The van der Waals surface area contributed by atoms with Crippen LogP contribution in [0.2, 0.25) is 0 Å². The first-order chi connectivity index (χ1) is 10.1. The summed E-state index contributed by atoms with van der Waals surface area (Å²) in [5, 5.41) is 9.13. The second-order valence-electron chi connectivity index (χ2n) is 7.41. The van der Waals surface area contributed by atoms with Crippen molar-refractivity contribution in [3.05, 3.63) is 35.9 Å². The van der Waals surface area contributed by atoms with E-state index in [4.69, 9.17) is 5.11 Å². The maximum absolute atomic E-state index is 11.1. The van der Waals surface area contributed by atoms with Crippen molar-refractivity contribution in [2.45, 2.75) is 47.0 Å². The summed E-state index contributed by atoms with van der Waals surface area (Å²) in [6, 6.07) is 9.43. The summed E-state index contributed by atoms with van der Waals surface area (Å²) in [6.45, 7) is 11.9. The fourth-order valence-electron chi connectivity index (χ4n) is 2.56. The molecule has 2 unspecified atom stereocenters. The zero-order valence-corrected chi connectivity index (χ0v) is 16.5. The Kier molecular flexibility index (Phi) is 12.1. The maximum atomic E-state index is 11.1. The number of halogens is 1. The molecule has 0 aliphatic carbocycles. The molecule has 2 atom stereocenters. The molecule has 0 saturated heterocycles. The molecule has 0 amide bonds. The fourth-order valence-corrected chi connectivity index (χ4v) is 2.56. The van der Waals surface area contributed by atoms with Gasteiger partial charge in [-0.15, -0.1) is 12.4 Å². The molecule has 1 aromatic carbocycles. The van der Waals surface area contributed by atoms with Crippen molar-refractivity contribution in [1.82, 2.24) is 4.90 Å². The molecular weight excluding hydrogens is 310 g/mol. The van der Waals surface area contributed by atoms with Crippen molar-refractivity contribution in [3.63, 3.8) is 0 Å². The number of nitrogens with zero attached hydrogens (tertiary/aromatic N) is 1. The van der Waals surface area contributed by atoms with Gasteiger partial charge in [-0.1, -0.05) is 71.4 Å². The van der Waals surface area contributed by atoms with Gasteiger partial charge in [0.1, 0.15) is 0 Å². The average Bonchev–Trinajstić information content (AvgIpc) is 2.37. The molecule has 0 fully saturated rings. The van der Waals surface area contributed by atoms with Crippen molar-refractivity contribution in [2.75, 3.05) is 20.6 Å². The molecule has 1 N–H and O–H groups in total. The van der Waals surface area contributed by atoms with Gasteiger partial charge in [0, 0.05) is 6.54 Å². The van der Waals surface area contributed by atoms with Crippen LogP contribution < -0.4 is 0 Å². The molecule has 0 saturated carbocycles. The van der Waals surface area contributed by atoms with Crippen LogP contribution in [-0.2, 0) is 4.79 Å². The van der Waals surface area contributed by atoms with Gasteiger partial charge in [-0.05, 0) is 31.0 Å². The van der Waals surface area contributed by atoms with Crippen molar-refractivity contribution >= 4 is 18.4 Å².